The third kappa shape index (κ3) is 4.23. The number of nitrogens with zero attached hydrogens (tertiary/aromatic N) is 1. The van der Waals surface area contributed by atoms with Gasteiger partial charge in [0.1, 0.15) is 0 Å². The highest BCUT2D eigenvalue weighted by Crippen LogP contribution is 2.33. The van der Waals surface area contributed by atoms with Crippen molar-refractivity contribution in [3.05, 3.63) is 70.7 Å². The van der Waals surface area contributed by atoms with Crippen LogP contribution in [0.5, 0.6) is 0 Å². The summed E-state index contributed by atoms with van der Waals surface area (Å²) in [6.45, 7) is 1.72. The minimum atomic E-state index is -0.269. The summed E-state index contributed by atoms with van der Waals surface area (Å²) < 4.78 is 5.15. The van der Waals surface area contributed by atoms with Crippen molar-refractivity contribution in [1.82, 2.24) is 4.90 Å². The van der Waals surface area contributed by atoms with E-state index in [9.17, 15) is 4.79 Å². The van der Waals surface area contributed by atoms with Gasteiger partial charge in [0.05, 0.1) is 13.0 Å². The fourth-order valence-corrected chi connectivity index (χ4v) is 3.93. The molecular formula is C21H24ClNO2. The van der Waals surface area contributed by atoms with Crippen LogP contribution in [-0.4, -0.2) is 30.6 Å². The van der Waals surface area contributed by atoms with Gasteiger partial charge in [0, 0.05) is 17.6 Å². The number of likely N-dealkylation sites (tertiary alicyclic amines) is 1. The molecule has 0 spiro atoms. The molecule has 4 heteroatoms. The highest BCUT2D eigenvalue weighted by atomic mass is 35.5. The summed E-state index contributed by atoms with van der Waals surface area (Å²) in [6, 6.07) is 18.0. The lowest BCUT2D eigenvalue weighted by Crippen LogP contribution is -2.45. The Morgan fingerprint density at radius 2 is 1.88 bits per heavy atom. The van der Waals surface area contributed by atoms with Gasteiger partial charge in [-0.15, -0.1) is 0 Å². The van der Waals surface area contributed by atoms with Crippen LogP contribution in [-0.2, 0) is 16.1 Å². The maximum absolute atomic E-state index is 12.6. The average molecular weight is 358 g/mol. The molecule has 2 aromatic carbocycles. The normalized spacial score (nSPS) is 19.4. The van der Waals surface area contributed by atoms with E-state index >= 15 is 0 Å². The topological polar surface area (TPSA) is 29.5 Å². The van der Waals surface area contributed by atoms with E-state index in [4.69, 9.17) is 16.3 Å². The second-order valence-electron chi connectivity index (χ2n) is 6.54. The van der Waals surface area contributed by atoms with Gasteiger partial charge in [-0.2, -0.15) is 0 Å². The molecule has 1 aliphatic rings. The minimum absolute atomic E-state index is 0.125. The number of benzene rings is 2. The Kier molecular flexibility index (Phi) is 6.11. The number of carbonyl (C=O) groups excluding carboxylic acids is 1. The Balaban J connectivity index is 1.89. The van der Waals surface area contributed by atoms with E-state index in [1.54, 1.807) is 0 Å². The fraction of sp³-hybridized carbons (Fsp3) is 0.381. The summed E-state index contributed by atoms with van der Waals surface area (Å²) in [4.78, 5) is 15.0. The highest BCUT2D eigenvalue weighted by molar-refractivity contribution is 6.31. The minimum Gasteiger partial charge on any atom is -0.469 e. The molecule has 1 fully saturated rings. The highest BCUT2D eigenvalue weighted by Gasteiger charge is 2.36. The van der Waals surface area contributed by atoms with Gasteiger partial charge in [-0.3, -0.25) is 9.69 Å². The Morgan fingerprint density at radius 3 is 2.60 bits per heavy atom. The molecule has 1 aliphatic heterocycles. The molecule has 2 atom stereocenters. The number of ether oxygens (including phenoxy) is 1. The second kappa shape index (κ2) is 8.50. The number of piperidine rings is 1. The summed E-state index contributed by atoms with van der Waals surface area (Å²) in [7, 11) is 1.47. The van der Waals surface area contributed by atoms with Crippen LogP contribution in [0.25, 0.3) is 0 Å². The Morgan fingerprint density at radius 1 is 1.16 bits per heavy atom. The summed E-state index contributed by atoms with van der Waals surface area (Å²) in [6.07, 6.45) is 3.26. The number of hydrogen-bond acceptors (Lipinski definition) is 3. The van der Waals surface area contributed by atoms with E-state index < -0.39 is 0 Å². The lowest BCUT2D eigenvalue weighted by molar-refractivity contribution is -0.144. The summed E-state index contributed by atoms with van der Waals surface area (Å²) in [5, 5.41) is 0.779. The summed E-state index contributed by atoms with van der Waals surface area (Å²) in [5.41, 5.74) is 2.12. The standard InChI is InChI=1S/C21H24ClNO2/c1-25-21(24)20(16-9-3-2-4-10-16)19-13-7-8-14-23(19)15-17-11-5-6-12-18(17)22/h2-6,9-12,19-20H,7-8,13-15H2,1H3/t19-,20-/m1/s1. The van der Waals surface area contributed by atoms with Crippen molar-refractivity contribution in [2.45, 2.75) is 37.8 Å². The van der Waals surface area contributed by atoms with Gasteiger partial charge in [-0.25, -0.2) is 0 Å². The van der Waals surface area contributed by atoms with Crippen molar-refractivity contribution in [3.63, 3.8) is 0 Å². The summed E-state index contributed by atoms with van der Waals surface area (Å²) in [5.74, 6) is -0.434. The van der Waals surface area contributed by atoms with E-state index in [1.807, 2.05) is 48.5 Å². The molecule has 0 N–H and O–H groups in total. The fourth-order valence-electron chi connectivity index (χ4n) is 3.74. The predicted octanol–water partition coefficient (Wildman–Crippen LogP) is 4.65. The molecule has 0 amide bonds. The molecule has 0 radical (unpaired) electrons. The van der Waals surface area contributed by atoms with Crippen LogP contribution in [0, 0.1) is 0 Å². The van der Waals surface area contributed by atoms with Gasteiger partial charge in [0.15, 0.2) is 0 Å². The van der Waals surface area contributed by atoms with Gasteiger partial charge in [0.25, 0.3) is 0 Å². The Bertz CT molecular complexity index is 704. The maximum atomic E-state index is 12.6. The van der Waals surface area contributed by atoms with Crippen molar-refractivity contribution in [1.29, 1.82) is 0 Å². The van der Waals surface area contributed by atoms with Crippen LogP contribution in [0.15, 0.2) is 54.6 Å². The monoisotopic (exact) mass is 357 g/mol. The Hall–Kier alpha value is -1.84. The number of carbonyl (C=O) groups is 1. The van der Waals surface area contributed by atoms with E-state index in [-0.39, 0.29) is 17.9 Å². The largest absolute Gasteiger partial charge is 0.469 e. The van der Waals surface area contributed by atoms with E-state index in [0.29, 0.717) is 0 Å². The molecule has 3 nitrogen and oxygen atoms in total. The molecule has 1 saturated heterocycles. The van der Waals surface area contributed by atoms with E-state index in [1.165, 1.54) is 7.11 Å². The molecule has 0 saturated carbocycles. The van der Waals surface area contributed by atoms with Crippen LogP contribution < -0.4 is 0 Å². The van der Waals surface area contributed by atoms with Crippen molar-refractivity contribution in [2.75, 3.05) is 13.7 Å². The molecule has 1 heterocycles. The van der Waals surface area contributed by atoms with Gasteiger partial charge in [-0.05, 0) is 36.6 Å². The summed E-state index contributed by atoms with van der Waals surface area (Å²) >= 11 is 6.36. The molecule has 0 bridgehead atoms. The Labute approximate surface area is 154 Å². The first-order valence-electron chi connectivity index (χ1n) is 8.81. The third-order valence-electron chi connectivity index (χ3n) is 4.99. The maximum Gasteiger partial charge on any atom is 0.314 e. The van der Waals surface area contributed by atoms with Crippen LogP contribution in [0.1, 0.15) is 36.3 Å². The lowest BCUT2D eigenvalue weighted by Gasteiger charge is -2.39. The molecular weight excluding hydrogens is 334 g/mol. The van der Waals surface area contributed by atoms with Crippen molar-refractivity contribution in [3.8, 4) is 0 Å². The molecule has 25 heavy (non-hydrogen) atoms. The van der Waals surface area contributed by atoms with Gasteiger partial charge >= 0.3 is 5.97 Å². The van der Waals surface area contributed by atoms with Crippen molar-refractivity contribution >= 4 is 17.6 Å². The van der Waals surface area contributed by atoms with Crippen molar-refractivity contribution < 1.29 is 9.53 Å². The molecule has 3 rings (SSSR count). The zero-order valence-electron chi connectivity index (χ0n) is 14.5. The van der Waals surface area contributed by atoms with Crippen LogP contribution in [0.3, 0.4) is 0 Å². The van der Waals surface area contributed by atoms with Gasteiger partial charge in [0.2, 0.25) is 0 Å². The van der Waals surface area contributed by atoms with Crippen LogP contribution in [0.2, 0.25) is 5.02 Å². The van der Waals surface area contributed by atoms with Crippen molar-refractivity contribution in [2.24, 2.45) is 0 Å². The molecule has 0 aliphatic carbocycles. The molecule has 2 aromatic rings. The number of hydrogen-bond donors (Lipinski definition) is 0. The zero-order chi connectivity index (χ0) is 17.6. The predicted molar refractivity (Wildman–Crippen MR) is 101 cm³/mol. The number of esters is 1. The first kappa shape index (κ1) is 18.0. The van der Waals surface area contributed by atoms with Gasteiger partial charge in [-0.1, -0.05) is 66.6 Å². The zero-order valence-corrected chi connectivity index (χ0v) is 15.3. The number of halogens is 1. The number of methoxy groups -OCH3 is 1. The quantitative estimate of drug-likeness (QED) is 0.729. The van der Waals surface area contributed by atoms with Crippen LogP contribution >= 0.6 is 11.6 Å². The molecule has 132 valence electrons. The second-order valence-corrected chi connectivity index (χ2v) is 6.94. The molecule has 0 unspecified atom stereocenters. The van der Waals surface area contributed by atoms with Crippen LogP contribution in [0.4, 0.5) is 0 Å². The molecule has 0 aromatic heterocycles. The third-order valence-corrected chi connectivity index (χ3v) is 5.36. The van der Waals surface area contributed by atoms with E-state index in [2.05, 4.69) is 11.0 Å². The first-order chi connectivity index (χ1) is 12.2. The number of rotatable bonds is 5. The first-order valence-corrected chi connectivity index (χ1v) is 9.18. The van der Waals surface area contributed by atoms with E-state index in [0.717, 1.165) is 48.5 Å². The smallest absolute Gasteiger partial charge is 0.314 e. The average Bonchev–Trinajstić information content (AvgIpc) is 2.66. The SMILES string of the molecule is COC(=O)[C@H](c1ccccc1)[C@H]1CCCCN1Cc1ccccc1Cl. The lowest BCUT2D eigenvalue weighted by atomic mass is 9.85. The van der Waals surface area contributed by atoms with Gasteiger partial charge < -0.3 is 4.74 Å².